The number of aromatic nitrogens is 2. The molecule has 0 radical (unpaired) electrons. The standard InChI is InChI=1S/C12H9BrFN3O3/c1-7-15-12(17(19)20)11(13)16(7)6-10(18)8-4-2-3-5-9(8)14/h2-5H,6H2,1H3. The number of ketones is 1. The third-order valence-electron chi connectivity index (χ3n) is 2.73. The minimum Gasteiger partial charge on any atom is -0.358 e. The number of aryl methyl sites for hydroxylation is 1. The van der Waals surface area contributed by atoms with Crippen LogP contribution in [-0.2, 0) is 6.54 Å². The van der Waals surface area contributed by atoms with Crippen molar-refractivity contribution in [3.8, 4) is 0 Å². The van der Waals surface area contributed by atoms with E-state index in [0.717, 1.165) is 0 Å². The molecule has 0 amide bonds. The molecule has 0 N–H and O–H groups in total. The third-order valence-corrected chi connectivity index (χ3v) is 3.51. The smallest absolute Gasteiger partial charge is 0.358 e. The first kappa shape index (κ1) is 14.3. The molecule has 104 valence electrons. The van der Waals surface area contributed by atoms with Gasteiger partial charge in [0, 0.05) is 6.92 Å². The number of carbonyl (C=O) groups excluding carboxylic acids is 1. The fraction of sp³-hybridized carbons (Fsp3) is 0.167. The SMILES string of the molecule is Cc1nc([N+](=O)[O-])c(Br)n1CC(=O)c1ccccc1F. The molecule has 0 saturated carbocycles. The van der Waals surface area contributed by atoms with Crippen molar-refractivity contribution >= 4 is 27.5 Å². The number of hydrogen-bond acceptors (Lipinski definition) is 4. The Hall–Kier alpha value is -2.09. The Kier molecular flexibility index (Phi) is 3.93. The summed E-state index contributed by atoms with van der Waals surface area (Å²) in [4.78, 5) is 25.9. The van der Waals surface area contributed by atoms with Gasteiger partial charge in [-0.25, -0.2) is 4.39 Å². The number of halogens is 2. The summed E-state index contributed by atoms with van der Waals surface area (Å²) in [5, 5.41) is 10.8. The van der Waals surface area contributed by atoms with E-state index in [9.17, 15) is 19.3 Å². The topological polar surface area (TPSA) is 78.0 Å². The number of hydrogen-bond donors (Lipinski definition) is 0. The van der Waals surface area contributed by atoms with Crippen LogP contribution in [-0.4, -0.2) is 20.3 Å². The van der Waals surface area contributed by atoms with Gasteiger partial charge in [-0.1, -0.05) is 12.1 Å². The highest BCUT2D eigenvalue weighted by molar-refractivity contribution is 9.10. The van der Waals surface area contributed by atoms with Gasteiger partial charge in [0.05, 0.1) is 12.1 Å². The van der Waals surface area contributed by atoms with Gasteiger partial charge in [-0.05, 0) is 38.0 Å². The van der Waals surface area contributed by atoms with Crippen LogP contribution in [0.25, 0.3) is 0 Å². The van der Waals surface area contributed by atoms with E-state index in [0.29, 0.717) is 5.82 Å². The van der Waals surface area contributed by atoms with Gasteiger partial charge < -0.3 is 10.1 Å². The predicted octanol–water partition coefficient (Wildman–Crippen LogP) is 2.88. The number of nitro groups is 1. The lowest BCUT2D eigenvalue weighted by atomic mass is 10.1. The molecule has 0 aliphatic carbocycles. The number of Topliss-reactive ketones (excluding diaryl/α,β-unsaturated/α-hetero) is 1. The van der Waals surface area contributed by atoms with Crippen molar-refractivity contribution in [1.82, 2.24) is 9.55 Å². The number of nitrogens with zero attached hydrogens (tertiary/aromatic N) is 3. The van der Waals surface area contributed by atoms with Gasteiger partial charge in [0.2, 0.25) is 5.82 Å². The van der Waals surface area contributed by atoms with Crippen LogP contribution < -0.4 is 0 Å². The van der Waals surface area contributed by atoms with E-state index < -0.39 is 16.5 Å². The average Bonchev–Trinajstić information content (AvgIpc) is 2.67. The van der Waals surface area contributed by atoms with Crippen molar-refractivity contribution in [2.75, 3.05) is 0 Å². The summed E-state index contributed by atoms with van der Waals surface area (Å²) < 4.78 is 14.9. The third kappa shape index (κ3) is 2.60. The summed E-state index contributed by atoms with van der Waals surface area (Å²) >= 11 is 3.04. The maximum atomic E-state index is 13.5. The summed E-state index contributed by atoms with van der Waals surface area (Å²) in [7, 11) is 0. The Bertz CT molecular complexity index is 699. The van der Waals surface area contributed by atoms with Crippen LogP contribution in [0.4, 0.5) is 10.2 Å². The zero-order chi connectivity index (χ0) is 14.9. The Morgan fingerprint density at radius 1 is 1.50 bits per heavy atom. The molecule has 0 bridgehead atoms. The van der Waals surface area contributed by atoms with Crippen LogP contribution in [0.5, 0.6) is 0 Å². The number of benzene rings is 1. The highest BCUT2D eigenvalue weighted by Crippen LogP contribution is 2.25. The molecular weight excluding hydrogens is 333 g/mol. The second-order valence-electron chi connectivity index (χ2n) is 4.02. The van der Waals surface area contributed by atoms with Crippen LogP contribution in [0.1, 0.15) is 16.2 Å². The molecule has 0 atom stereocenters. The van der Waals surface area contributed by atoms with Crippen molar-refractivity contribution in [1.29, 1.82) is 0 Å². The van der Waals surface area contributed by atoms with Crippen LogP contribution >= 0.6 is 15.9 Å². The lowest BCUT2D eigenvalue weighted by Gasteiger charge is -2.05. The van der Waals surface area contributed by atoms with Gasteiger partial charge >= 0.3 is 5.82 Å². The summed E-state index contributed by atoms with van der Waals surface area (Å²) in [5.74, 6) is -1.18. The molecule has 8 heteroatoms. The molecule has 0 unspecified atom stereocenters. The fourth-order valence-electron chi connectivity index (χ4n) is 1.74. The number of carbonyl (C=O) groups is 1. The molecule has 0 aliphatic rings. The molecule has 2 aromatic rings. The molecule has 1 aromatic heterocycles. The Morgan fingerprint density at radius 2 is 2.15 bits per heavy atom. The Labute approximate surface area is 121 Å². The fourth-order valence-corrected chi connectivity index (χ4v) is 2.35. The molecule has 6 nitrogen and oxygen atoms in total. The lowest BCUT2D eigenvalue weighted by Crippen LogP contribution is -2.13. The Balaban J connectivity index is 2.34. The second-order valence-corrected chi connectivity index (χ2v) is 4.77. The summed E-state index contributed by atoms with van der Waals surface area (Å²) in [6.07, 6.45) is 0. The largest absolute Gasteiger partial charge is 0.396 e. The Morgan fingerprint density at radius 3 is 2.70 bits per heavy atom. The van der Waals surface area contributed by atoms with Crippen molar-refractivity contribution in [2.24, 2.45) is 0 Å². The van der Waals surface area contributed by atoms with Crippen molar-refractivity contribution in [2.45, 2.75) is 13.5 Å². The van der Waals surface area contributed by atoms with E-state index in [-0.39, 0.29) is 22.5 Å². The second kappa shape index (κ2) is 5.49. The molecule has 20 heavy (non-hydrogen) atoms. The average molecular weight is 342 g/mol. The van der Waals surface area contributed by atoms with E-state index >= 15 is 0 Å². The summed E-state index contributed by atoms with van der Waals surface area (Å²) in [6.45, 7) is 1.31. The maximum absolute atomic E-state index is 13.5. The molecule has 2 rings (SSSR count). The first-order chi connectivity index (χ1) is 9.41. The van der Waals surface area contributed by atoms with Gasteiger partial charge in [-0.2, -0.15) is 0 Å². The quantitative estimate of drug-likeness (QED) is 0.486. The molecular formula is C12H9BrFN3O3. The highest BCUT2D eigenvalue weighted by atomic mass is 79.9. The van der Waals surface area contributed by atoms with Gasteiger partial charge in [-0.3, -0.25) is 9.36 Å². The predicted molar refractivity (Wildman–Crippen MR) is 72.0 cm³/mol. The number of imidazole rings is 1. The van der Waals surface area contributed by atoms with E-state index in [2.05, 4.69) is 20.9 Å². The lowest BCUT2D eigenvalue weighted by molar-refractivity contribution is -0.390. The molecule has 1 heterocycles. The molecule has 0 spiro atoms. The van der Waals surface area contributed by atoms with Crippen molar-refractivity contribution in [3.05, 3.63) is 56.2 Å². The molecule has 1 aromatic carbocycles. The van der Waals surface area contributed by atoms with Gasteiger partial charge in [0.25, 0.3) is 0 Å². The van der Waals surface area contributed by atoms with Crippen LogP contribution in [0.2, 0.25) is 0 Å². The van der Waals surface area contributed by atoms with Crippen LogP contribution in [0.3, 0.4) is 0 Å². The number of rotatable bonds is 4. The molecule has 0 fully saturated rings. The van der Waals surface area contributed by atoms with Crippen LogP contribution in [0, 0.1) is 22.9 Å². The van der Waals surface area contributed by atoms with E-state index in [4.69, 9.17) is 0 Å². The highest BCUT2D eigenvalue weighted by Gasteiger charge is 2.25. The first-order valence-electron chi connectivity index (χ1n) is 5.56. The zero-order valence-corrected chi connectivity index (χ0v) is 11.9. The van der Waals surface area contributed by atoms with Crippen molar-refractivity contribution < 1.29 is 14.1 Å². The molecule has 0 saturated heterocycles. The van der Waals surface area contributed by atoms with Gasteiger partial charge in [0.1, 0.15) is 5.82 Å². The monoisotopic (exact) mass is 341 g/mol. The summed E-state index contributed by atoms with van der Waals surface area (Å²) in [6, 6.07) is 5.58. The zero-order valence-electron chi connectivity index (χ0n) is 10.3. The first-order valence-corrected chi connectivity index (χ1v) is 6.36. The minimum absolute atomic E-state index is 0.0600. The minimum atomic E-state index is -0.652. The van der Waals surface area contributed by atoms with Crippen molar-refractivity contribution in [3.63, 3.8) is 0 Å². The van der Waals surface area contributed by atoms with Gasteiger partial charge in [0.15, 0.2) is 10.4 Å². The maximum Gasteiger partial charge on any atom is 0.396 e. The molecule has 0 aliphatic heterocycles. The van der Waals surface area contributed by atoms with Crippen LogP contribution in [0.15, 0.2) is 28.9 Å². The van der Waals surface area contributed by atoms with Gasteiger partial charge in [-0.15, -0.1) is 0 Å². The van der Waals surface area contributed by atoms with E-state index in [1.54, 1.807) is 6.07 Å². The normalized spacial score (nSPS) is 10.6. The van der Waals surface area contributed by atoms with E-state index in [1.807, 2.05) is 0 Å². The summed E-state index contributed by atoms with van der Waals surface area (Å²) in [5.41, 5.74) is -0.0600. The van der Waals surface area contributed by atoms with E-state index in [1.165, 1.54) is 29.7 Å².